The van der Waals surface area contributed by atoms with E-state index in [4.69, 9.17) is 5.73 Å². The average molecular weight is 716 g/mol. The number of carbonyl (C=O) groups excluding carboxylic acids is 4. The van der Waals surface area contributed by atoms with Gasteiger partial charge in [0.05, 0.1) is 17.3 Å². The number of thioether (sulfide) groups is 1. The lowest BCUT2D eigenvalue weighted by Gasteiger charge is -2.53. The number of hydrogen-bond acceptors (Lipinski definition) is 7. The van der Waals surface area contributed by atoms with Gasteiger partial charge < -0.3 is 21.3 Å². The Hall–Kier alpha value is -3.99. The van der Waals surface area contributed by atoms with E-state index in [1.54, 1.807) is 4.90 Å². The highest BCUT2D eigenvalue weighted by Gasteiger charge is 2.62. The van der Waals surface area contributed by atoms with Crippen molar-refractivity contribution in [3.05, 3.63) is 108 Å². The lowest BCUT2D eigenvalue weighted by atomic mass is 9.82. The second-order valence-corrected chi connectivity index (χ2v) is 16.1. The van der Waals surface area contributed by atoms with Crippen molar-refractivity contribution in [2.75, 3.05) is 34.2 Å². The zero-order valence-corrected chi connectivity index (χ0v) is 32.4. The molecule has 276 valence electrons. The molecule has 3 aromatic rings. The van der Waals surface area contributed by atoms with Gasteiger partial charge in [-0.1, -0.05) is 126 Å². The van der Waals surface area contributed by atoms with E-state index in [9.17, 15) is 19.2 Å². The Morgan fingerprint density at radius 3 is 1.65 bits per heavy atom. The molecule has 0 spiro atoms. The van der Waals surface area contributed by atoms with Gasteiger partial charge in [0.15, 0.2) is 4.87 Å². The highest BCUT2D eigenvalue weighted by Crippen LogP contribution is 2.59. The Morgan fingerprint density at radius 2 is 1.25 bits per heavy atom. The number of rotatable bonds is 17. The van der Waals surface area contributed by atoms with Gasteiger partial charge in [-0.15, -0.1) is 11.8 Å². The quantitative estimate of drug-likeness (QED) is 0.0921. The van der Waals surface area contributed by atoms with Crippen LogP contribution in [-0.4, -0.2) is 78.6 Å². The minimum Gasteiger partial charge on any atom is -0.356 e. The summed E-state index contributed by atoms with van der Waals surface area (Å²) in [5.41, 5.74) is 8.28. The summed E-state index contributed by atoms with van der Waals surface area (Å²) in [5, 5.41) is 5.75. The Morgan fingerprint density at radius 1 is 0.784 bits per heavy atom. The van der Waals surface area contributed by atoms with Gasteiger partial charge in [0.1, 0.15) is 0 Å². The van der Waals surface area contributed by atoms with Crippen molar-refractivity contribution in [1.82, 2.24) is 20.4 Å². The number of nitrogens with two attached hydrogens (primary N) is 1. The minimum absolute atomic E-state index is 0.0198. The Kier molecular flexibility index (Phi) is 15.0. The van der Waals surface area contributed by atoms with Crippen LogP contribution >= 0.6 is 11.8 Å². The van der Waals surface area contributed by atoms with Crippen LogP contribution in [-0.2, 0) is 23.9 Å². The predicted molar refractivity (Wildman–Crippen MR) is 208 cm³/mol. The SMILES string of the molecule is CNC(=O)[C@@](SC(c1ccccc1)(c1ccccc1)c1ccccc1)(N(C(=O)CCCCNC(=O)CN(C)C)C(=O)[C@@H](N)CC(C)C)C(C)(C)C. The van der Waals surface area contributed by atoms with Gasteiger partial charge in [-0.2, -0.15) is 0 Å². The second-order valence-electron chi connectivity index (χ2n) is 14.7. The lowest BCUT2D eigenvalue weighted by Crippen LogP contribution is -2.69. The van der Waals surface area contributed by atoms with E-state index in [0.29, 0.717) is 25.8 Å². The number of hydrogen-bond donors (Lipinski definition) is 3. The first-order valence-electron chi connectivity index (χ1n) is 17.7. The molecule has 0 aliphatic rings. The number of benzene rings is 3. The van der Waals surface area contributed by atoms with Gasteiger partial charge >= 0.3 is 0 Å². The Balaban J connectivity index is 2.32. The van der Waals surface area contributed by atoms with Gasteiger partial charge in [-0.3, -0.25) is 24.1 Å². The van der Waals surface area contributed by atoms with Crippen molar-refractivity contribution in [3.63, 3.8) is 0 Å². The van der Waals surface area contributed by atoms with E-state index in [1.807, 2.05) is 140 Å². The molecule has 0 saturated heterocycles. The minimum atomic E-state index is -1.80. The van der Waals surface area contributed by atoms with Crippen molar-refractivity contribution >= 4 is 35.4 Å². The molecular weight excluding hydrogens is 659 g/mol. The van der Waals surface area contributed by atoms with Crippen LogP contribution in [0.3, 0.4) is 0 Å². The van der Waals surface area contributed by atoms with Crippen LogP contribution in [0.5, 0.6) is 0 Å². The fraction of sp³-hybridized carbons (Fsp3) is 0.463. The summed E-state index contributed by atoms with van der Waals surface area (Å²) in [5.74, 6) is -1.61. The molecule has 2 atom stereocenters. The summed E-state index contributed by atoms with van der Waals surface area (Å²) in [6.45, 7) is 10.3. The van der Waals surface area contributed by atoms with Crippen LogP contribution < -0.4 is 16.4 Å². The van der Waals surface area contributed by atoms with E-state index in [0.717, 1.165) is 16.7 Å². The van der Waals surface area contributed by atoms with Crippen LogP contribution in [0.4, 0.5) is 0 Å². The highest BCUT2D eigenvalue weighted by atomic mass is 32.2. The number of nitrogens with zero attached hydrogens (tertiary/aromatic N) is 2. The van der Waals surface area contributed by atoms with E-state index < -0.39 is 38.8 Å². The molecule has 4 N–H and O–H groups in total. The number of carbonyl (C=O) groups is 4. The van der Waals surface area contributed by atoms with Crippen molar-refractivity contribution in [2.24, 2.45) is 17.1 Å². The fourth-order valence-electron chi connectivity index (χ4n) is 6.42. The molecular formula is C41H57N5O4S. The van der Waals surface area contributed by atoms with Crippen LogP contribution in [0.15, 0.2) is 91.0 Å². The normalized spacial score (nSPS) is 13.7. The molecule has 0 aliphatic carbocycles. The molecule has 0 aliphatic heterocycles. The zero-order valence-electron chi connectivity index (χ0n) is 31.6. The Labute approximate surface area is 309 Å². The van der Waals surface area contributed by atoms with Gasteiger partial charge in [0, 0.05) is 25.4 Å². The van der Waals surface area contributed by atoms with Crippen LogP contribution in [0.2, 0.25) is 0 Å². The first-order valence-corrected chi connectivity index (χ1v) is 18.6. The van der Waals surface area contributed by atoms with Crippen molar-refractivity contribution in [2.45, 2.75) is 76.0 Å². The van der Waals surface area contributed by atoms with Gasteiger partial charge in [0.25, 0.3) is 5.91 Å². The maximum Gasteiger partial charge on any atom is 0.257 e. The van der Waals surface area contributed by atoms with Gasteiger partial charge in [-0.05, 0) is 56.0 Å². The van der Waals surface area contributed by atoms with Crippen molar-refractivity contribution < 1.29 is 19.2 Å². The molecule has 51 heavy (non-hydrogen) atoms. The first kappa shape index (κ1) is 41.4. The molecule has 0 saturated carbocycles. The molecule has 0 fully saturated rings. The maximum atomic E-state index is 14.9. The summed E-state index contributed by atoms with van der Waals surface area (Å²) in [6, 6.07) is 28.7. The third-order valence-corrected chi connectivity index (χ3v) is 11.1. The molecule has 3 aromatic carbocycles. The van der Waals surface area contributed by atoms with E-state index in [-0.39, 0.29) is 24.8 Å². The third-order valence-electron chi connectivity index (χ3n) is 8.82. The third kappa shape index (κ3) is 9.87. The van der Waals surface area contributed by atoms with Crippen LogP contribution in [0, 0.1) is 11.3 Å². The molecule has 0 radical (unpaired) electrons. The number of imide groups is 1. The highest BCUT2D eigenvalue weighted by molar-refractivity contribution is 8.02. The lowest BCUT2D eigenvalue weighted by molar-refractivity contribution is -0.159. The molecule has 4 amide bonds. The predicted octanol–water partition coefficient (Wildman–Crippen LogP) is 5.78. The second kappa shape index (κ2) is 18.5. The van der Waals surface area contributed by atoms with E-state index >= 15 is 0 Å². The number of unbranched alkanes of at least 4 members (excludes halogenated alkanes) is 1. The van der Waals surface area contributed by atoms with E-state index in [2.05, 4.69) is 10.6 Å². The summed E-state index contributed by atoms with van der Waals surface area (Å²) < 4.78 is -1.07. The standard InChI is InChI=1S/C41H57N5O4S/c1-30(2)28-34(42)37(49)46(36(48)26-18-19-27-44-35(47)29-45(7)8)41(38(50)43-6,39(3,4)5)51-40(31-20-12-9-13-21-31,32-22-14-10-15-23-32)33-24-16-11-17-25-33/h9-17,20-25,30,34H,18-19,26-29,42H2,1-8H3,(H,43,50)(H,44,47)/t34-,41-/m0/s1. The maximum absolute atomic E-state index is 14.9. The van der Waals surface area contributed by atoms with Gasteiger partial charge in [0.2, 0.25) is 17.7 Å². The molecule has 0 unspecified atom stereocenters. The van der Waals surface area contributed by atoms with Crippen LogP contribution in [0.25, 0.3) is 0 Å². The molecule has 0 heterocycles. The Bertz CT molecular complexity index is 1480. The van der Waals surface area contributed by atoms with E-state index in [1.165, 1.54) is 23.7 Å². The smallest absolute Gasteiger partial charge is 0.257 e. The van der Waals surface area contributed by atoms with Crippen molar-refractivity contribution in [3.8, 4) is 0 Å². The topological polar surface area (TPSA) is 125 Å². The number of nitrogens with one attached hydrogen (secondary N) is 2. The zero-order chi connectivity index (χ0) is 37.8. The monoisotopic (exact) mass is 715 g/mol. The summed E-state index contributed by atoms with van der Waals surface area (Å²) in [4.78, 5) is 57.9. The van der Waals surface area contributed by atoms with Gasteiger partial charge in [-0.25, -0.2) is 0 Å². The molecule has 0 bridgehead atoms. The molecule has 10 heteroatoms. The van der Waals surface area contributed by atoms with Crippen LogP contribution in [0.1, 0.15) is 77.0 Å². The fourth-order valence-corrected chi connectivity index (χ4v) is 8.41. The number of likely N-dealkylation sites (N-methyl/N-ethyl adjacent to an activating group) is 2. The molecule has 9 nitrogen and oxygen atoms in total. The summed E-state index contributed by atoms with van der Waals surface area (Å²) in [6.07, 6.45) is 1.22. The average Bonchev–Trinajstić information content (AvgIpc) is 3.09. The summed E-state index contributed by atoms with van der Waals surface area (Å²) >= 11 is 1.29. The summed E-state index contributed by atoms with van der Waals surface area (Å²) in [7, 11) is 5.18. The first-order chi connectivity index (χ1) is 24.1. The molecule has 0 aromatic heterocycles. The van der Waals surface area contributed by atoms with Crippen molar-refractivity contribution in [1.29, 1.82) is 0 Å². The largest absolute Gasteiger partial charge is 0.356 e. The number of amides is 4. The molecule has 3 rings (SSSR count).